The van der Waals surface area contributed by atoms with Crippen molar-refractivity contribution in [2.75, 3.05) is 0 Å². The van der Waals surface area contributed by atoms with Gasteiger partial charge in [-0.05, 0) is 0 Å². The Labute approximate surface area is 84.2 Å². The van der Waals surface area contributed by atoms with Crippen LogP contribution in [0, 0.1) is 0 Å². The van der Waals surface area contributed by atoms with Crippen LogP contribution < -0.4 is 0 Å². The first kappa shape index (κ1) is 50.4. The summed E-state index contributed by atoms with van der Waals surface area (Å²) in [6.07, 6.45) is 0. The molecule has 0 aliphatic heterocycles. The summed E-state index contributed by atoms with van der Waals surface area (Å²) in [7, 11) is 0. The van der Waals surface area contributed by atoms with Crippen molar-refractivity contribution in [3.05, 3.63) is 0 Å². The van der Waals surface area contributed by atoms with E-state index >= 15 is 0 Å². The van der Waals surface area contributed by atoms with Gasteiger partial charge in [-0.25, -0.2) is 0 Å². The number of halogens is 2. The minimum atomic E-state index is 0. The summed E-state index contributed by atoms with van der Waals surface area (Å²) in [6, 6.07) is 0. The van der Waals surface area contributed by atoms with Gasteiger partial charge < -0.3 is 0 Å². The molecule has 0 aromatic heterocycles. The molecule has 0 aliphatic carbocycles. The molecule has 0 atom stereocenters. The molecule has 0 rings (SSSR count). The van der Waals surface area contributed by atoms with Gasteiger partial charge in [0, 0.05) is 51.2 Å². The zero-order valence-electron chi connectivity index (χ0n) is 1.88. The predicted octanol–water partition coefficient (Wildman–Crippen LogP) is 1.15. The SMILES string of the molecule is Br.Br.[Fe].[Fe].[Fe]. The summed E-state index contributed by atoms with van der Waals surface area (Å²) in [6.45, 7) is 0. The molecule has 40 valence electrons. The Hall–Kier alpha value is 2.52. The van der Waals surface area contributed by atoms with Crippen molar-refractivity contribution in [1.29, 1.82) is 0 Å². The average Bonchev–Trinajstić information content (AvgIpc) is 0. The molecule has 0 amide bonds. The van der Waals surface area contributed by atoms with Crippen LogP contribution in [-0.4, -0.2) is 0 Å². The molecule has 0 unspecified atom stereocenters. The van der Waals surface area contributed by atoms with Crippen LogP contribution in [0.5, 0.6) is 0 Å². The van der Waals surface area contributed by atoms with Crippen LogP contribution in [0.25, 0.3) is 0 Å². The fourth-order valence-corrected chi connectivity index (χ4v) is 0. The third kappa shape index (κ3) is 21.0. The van der Waals surface area contributed by atoms with Crippen molar-refractivity contribution in [1.82, 2.24) is 0 Å². The Morgan fingerprint density at radius 3 is 0.400 bits per heavy atom. The van der Waals surface area contributed by atoms with Crippen LogP contribution in [0.1, 0.15) is 0 Å². The van der Waals surface area contributed by atoms with Gasteiger partial charge in [-0.1, -0.05) is 0 Å². The van der Waals surface area contributed by atoms with E-state index in [0.29, 0.717) is 0 Å². The van der Waals surface area contributed by atoms with Crippen molar-refractivity contribution in [2.45, 2.75) is 0 Å². The maximum Gasteiger partial charge on any atom is 0 e. The summed E-state index contributed by atoms with van der Waals surface area (Å²) in [4.78, 5) is 0. The van der Waals surface area contributed by atoms with Gasteiger partial charge >= 0.3 is 0 Å². The first-order valence-electron chi connectivity index (χ1n) is 0. The molecule has 0 radical (unpaired) electrons. The monoisotopic (exact) mass is 328 g/mol. The van der Waals surface area contributed by atoms with Crippen molar-refractivity contribution in [3.63, 3.8) is 0 Å². The standard InChI is InChI=1S/2BrH.3Fe/h2*1H;;;. The van der Waals surface area contributed by atoms with Crippen LogP contribution in [0.4, 0.5) is 0 Å². The molecule has 0 N–H and O–H groups in total. The van der Waals surface area contributed by atoms with Crippen molar-refractivity contribution < 1.29 is 51.2 Å². The maximum absolute atomic E-state index is 0. The smallest absolute Gasteiger partial charge is 0 e. The Kier molecular flexibility index (Phi) is 315. The molecule has 5 heavy (non-hydrogen) atoms. The summed E-state index contributed by atoms with van der Waals surface area (Å²) in [5, 5.41) is 0. The molecule has 0 fully saturated rings. The van der Waals surface area contributed by atoms with Crippen LogP contribution >= 0.6 is 34.0 Å². The van der Waals surface area contributed by atoms with E-state index in [0.717, 1.165) is 0 Å². The Morgan fingerprint density at radius 1 is 0.400 bits per heavy atom. The molecule has 0 aliphatic rings. The summed E-state index contributed by atoms with van der Waals surface area (Å²) >= 11 is 0. The van der Waals surface area contributed by atoms with Crippen molar-refractivity contribution >= 4 is 34.0 Å². The van der Waals surface area contributed by atoms with E-state index < -0.39 is 0 Å². The largest absolute Gasteiger partial charge is 0.114 e. The molecular formula is H2Br2Fe3. The van der Waals surface area contributed by atoms with Gasteiger partial charge in [0.05, 0.1) is 0 Å². The van der Waals surface area contributed by atoms with Gasteiger partial charge in [0.1, 0.15) is 0 Å². The van der Waals surface area contributed by atoms with E-state index in [2.05, 4.69) is 0 Å². The zero-order valence-corrected chi connectivity index (χ0v) is 8.62. The molecule has 0 saturated heterocycles. The van der Waals surface area contributed by atoms with Crippen LogP contribution in [0.15, 0.2) is 0 Å². The summed E-state index contributed by atoms with van der Waals surface area (Å²) in [5.41, 5.74) is 0. The Morgan fingerprint density at radius 2 is 0.400 bits per heavy atom. The first-order valence-corrected chi connectivity index (χ1v) is 0. The van der Waals surface area contributed by atoms with E-state index in [1.165, 1.54) is 0 Å². The second-order valence-corrected chi connectivity index (χ2v) is 0. The van der Waals surface area contributed by atoms with Gasteiger partial charge in [0.25, 0.3) is 0 Å². The fraction of sp³-hybridized carbons (Fsp3) is 0. The number of hydrogen-bond donors (Lipinski definition) is 0. The predicted molar refractivity (Wildman–Crippen MR) is 20.6 cm³/mol. The van der Waals surface area contributed by atoms with Gasteiger partial charge in [-0.3, -0.25) is 0 Å². The molecule has 0 bridgehead atoms. The summed E-state index contributed by atoms with van der Waals surface area (Å²) < 4.78 is 0. The van der Waals surface area contributed by atoms with E-state index in [1.54, 1.807) is 0 Å². The van der Waals surface area contributed by atoms with Crippen LogP contribution in [-0.2, 0) is 51.2 Å². The molecule has 0 heterocycles. The third-order valence-corrected chi connectivity index (χ3v) is 0. The quantitative estimate of drug-likeness (QED) is 0.585. The van der Waals surface area contributed by atoms with Crippen molar-refractivity contribution in [2.24, 2.45) is 0 Å². The second kappa shape index (κ2) is 31.3. The molecule has 5 heteroatoms. The Balaban J connectivity index is 0. The van der Waals surface area contributed by atoms with Crippen LogP contribution in [0.2, 0.25) is 0 Å². The molecular weight excluding hydrogens is 327 g/mol. The van der Waals surface area contributed by atoms with Gasteiger partial charge in [0.15, 0.2) is 0 Å². The molecule has 0 saturated carbocycles. The minimum Gasteiger partial charge on any atom is -0.114 e. The van der Waals surface area contributed by atoms with Gasteiger partial charge in [-0.2, -0.15) is 0 Å². The number of rotatable bonds is 0. The topological polar surface area (TPSA) is 0 Å². The van der Waals surface area contributed by atoms with E-state index in [-0.39, 0.29) is 85.2 Å². The van der Waals surface area contributed by atoms with Crippen LogP contribution in [0.3, 0.4) is 0 Å². The summed E-state index contributed by atoms with van der Waals surface area (Å²) in [5.74, 6) is 0. The van der Waals surface area contributed by atoms with E-state index in [9.17, 15) is 0 Å². The number of hydrogen-bond acceptors (Lipinski definition) is 0. The molecule has 0 aromatic rings. The van der Waals surface area contributed by atoms with Gasteiger partial charge in [-0.15, -0.1) is 34.0 Å². The average molecular weight is 329 g/mol. The Bertz CT molecular complexity index is 4.85. The molecule has 0 spiro atoms. The minimum absolute atomic E-state index is 0. The van der Waals surface area contributed by atoms with E-state index in [4.69, 9.17) is 0 Å². The maximum atomic E-state index is 0. The van der Waals surface area contributed by atoms with Crippen molar-refractivity contribution in [3.8, 4) is 0 Å². The fourth-order valence-electron chi connectivity index (χ4n) is 0. The zero-order chi connectivity index (χ0) is 0. The molecule has 0 aromatic carbocycles. The first-order chi connectivity index (χ1) is 0. The normalized spacial score (nSPS) is 0. The second-order valence-electron chi connectivity index (χ2n) is 0. The third-order valence-electron chi connectivity index (χ3n) is 0. The van der Waals surface area contributed by atoms with Gasteiger partial charge in [0.2, 0.25) is 0 Å². The van der Waals surface area contributed by atoms with E-state index in [1.807, 2.05) is 0 Å². The molecule has 0 nitrogen and oxygen atoms in total.